The molecule has 1 aromatic carbocycles. The van der Waals surface area contributed by atoms with Crippen LogP contribution in [0.3, 0.4) is 0 Å². The molecule has 1 atom stereocenters. The topological polar surface area (TPSA) is 81.8 Å². The van der Waals surface area contributed by atoms with Crippen LogP contribution in [-0.2, 0) is 4.79 Å². The second-order valence-corrected chi connectivity index (χ2v) is 7.19. The number of nitrogens with zero attached hydrogens (tertiary/aromatic N) is 2. The number of nitrogens with one attached hydrogen (secondary N) is 2. The minimum absolute atomic E-state index is 0.00450. The second-order valence-electron chi connectivity index (χ2n) is 7.19. The predicted molar refractivity (Wildman–Crippen MR) is 99.1 cm³/mol. The molecule has 1 aromatic rings. The van der Waals surface area contributed by atoms with Crippen molar-refractivity contribution in [3.05, 3.63) is 29.8 Å². The molecular weight excluding hydrogens is 332 g/mol. The molecule has 4 amide bonds. The minimum atomic E-state index is -0.135. The van der Waals surface area contributed by atoms with Crippen molar-refractivity contribution in [2.45, 2.75) is 32.7 Å². The smallest absolute Gasteiger partial charge is 0.321 e. The first-order valence-electron chi connectivity index (χ1n) is 9.21. The Balaban J connectivity index is 1.68. The number of piperidine rings is 1. The van der Waals surface area contributed by atoms with Gasteiger partial charge in [-0.25, -0.2) is 4.79 Å². The summed E-state index contributed by atoms with van der Waals surface area (Å²) in [5.74, 6) is -0.106. The van der Waals surface area contributed by atoms with Crippen LogP contribution in [0.25, 0.3) is 0 Å². The summed E-state index contributed by atoms with van der Waals surface area (Å²) in [6.45, 7) is 6.14. The molecule has 140 valence electrons. The van der Waals surface area contributed by atoms with E-state index in [1.807, 2.05) is 19.9 Å². The molecule has 7 heteroatoms. The number of carbonyl (C=O) groups is 3. The van der Waals surface area contributed by atoms with Crippen LogP contribution >= 0.6 is 0 Å². The van der Waals surface area contributed by atoms with Crippen LogP contribution in [0.5, 0.6) is 0 Å². The van der Waals surface area contributed by atoms with Crippen LogP contribution < -0.4 is 15.5 Å². The fourth-order valence-electron chi connectivity index (χ4n) is 3.35. The summed E-state index contributed by atoms with van der Waals surface area (Å²) in [4.78, 5) is 40.1. The van der Waals surface area contributed by atoms with Gasteiger partial charge in [0.05, 0.1) is 0 Å². The standard InChI is InChI=1S/C19H26N4O3/c1-13(2)17(24)21-15-6-4-9-22(12-15)18(25)14-5-3-7-16(11-14)23-10-8-20-19(23)26/h3,5,7,11,13,15H,4,6,8-10,12H2,1-2H3,(H,20,26)(H,21,24). The van der Waals surface area contributed by atoms with Crippen LogP contribution in [0.4, 0.5) is 10.5 Å². The highest BCUT2D eigenvalue weighted by atomic mass is 16.2. The molecule has 7 nitrogen and oxygen atoms in total. The molecule has 2 N–H and O–H groups in total. The molecule has 0 spiro atoms. The predicted octanol–water partition coefficient (Wildman–Crippen LogP) is 1.59. The molecule has 3 rings (SSSR count). The third-order valence-electron chi connectivity index (χ3n) is 4.84. The van der Waals surface area contributed by atoms with Gasteiger partial charge < -0.3 is 15.5 Å². The number of hydrogen-bond acceptors (Lipinski definition) is 3. The van der Waals surface area contributed by atoms with Crippen molar-refractivity contribution < 1.29 is 14.4 Å². The SMILES string of the molecule is CC(C)C(=O)NC1CCCN(C(=O)c2cccc(N3CCNC3=O)c2)C1. The molecule has 0 bridgehead atoms. The Morgan fingerprint density at radius 1 is 1.27 bits per heavy atom. The number of benzene rings is 1. The van der Waals surface area contributed by atoms with Gasteiger partial charge in [-0.2, -0.15) is 0 Å². The normalized spacial score (nSPS) is 20.3. The van der Waals surface area contributed by atoms with Gasteiger partial charge in [0.25, 0.3) is 5.91 Å². The van der Waals surface area contributed by atoms with Crippen molar-refractivity contribution in [3.8, 4) is 0 Å². The molecular formula is C19H26N4O3. The number of amides is 4. The van der Waals surface area contributed by atoms with Gasteiger partial charge in [0.1, 0.15) is 0 Å². The summed E-state index contributed by atoms with van der Waals surface area (Å²) in [5.41, 5.74) is 1.30. The maximum Gasteiger partial charge on any atom is 0.321 e. The maximum atomic E-state index is 12.9. The van der Waals surface area contributed by atoms with Crippen molar-refractivity contribution >= 4 is 23.5 Å². The molecule has 2 saturated heterocycles. The summed E-state index contributed by atoms with van der Waals surface area (Å²) in [6, 6.07) is 7.04. The van der Waals surface area contributed by atoms with Gasteiger partial charge in [-0.1, -0.05) is 19.9 Å². The van der Waals surface area contributed by atoms with Gasteiger partial charge in [-0.05, 0) is 31.0 Å². The van der Waals surface area contributed by atoms with Crippen LogP contribution in [0.1, 0.15) is 37.0 Å². The number of anilines is 1. The Morgan fingerprint density at radius 3 is 2.77 bits per heavy atom. The van der Waals surface area contributed by atoms with Crippen molar-refractivity contribution in [2.24, 2.45) is 5.92 Å². The monoisotopic (exact) mass is 358 g/mol. The summed E-state index contributed by atoms with van der Waals surface area (Å²) < 4.78 is 0. The van der Waals surface area contributed by atoms with Crippen LogP contribution in [0, 0.1) is 5.92 Å². The van der Waals surface area contributed by atoms with E-state index >= 15 is 0 Å². The van der Waals surface area contributed by atoms with Gasteiger partial charge in [0, 0.05) is 49.4 Å². The Bertz CT molecular complexity index is 704. The number of urea groups is 1. The number of rotatable bonds is 4. The van der Waals surface area contributed by atoms with E-state index in [-0.39, 0.29) is 29.8 Å². The van der Waals surface area contributed by atoms with Crippen LogP contribution in [0.2, 0.25) is 0 Å². The van der Waals surface area contributed by atoms with Crippen LogP contribution in [-0.4, -0.2) is 55.0 Å². The highest BCUT2D eigenvalue weighted by Crippen LogP contribution is 2.21. The van der Waals surface area contributed by atoms with E-state index in [0.717, 1.165) is 18.5 Å². The Hall–Kier alpha value is -2.57. The summed E-state index contributed by atoms with van der Waals surface area (Å²) in [6.07, 6.45) is 1.75. The van der Waals surface area contributed by atoms with Gasteiger partial charge in [-0.3, -0.25) is 14.5 Å². The van der Waals surface area contributed by atoms with Crippen molar-refractivity contribution in [2.75, 3.05) is 31.1 Å². The molecule has 0 aromatic heterocycles. The van der Waals surface area contributed by atoms with Crippen LogP contribution in [0.15, 0.2) is 24.3 Å². The second kappa shape index (κ2) is 7.76. The lowest BCUT2D eigenvalue weighted by atomic mass is 10.0. The Morgan fingerprint density at radius 2 is 2.08 bits per heavy atom. The molecule has 2 aliphatic heterocycles. The lowest BCUT2D eigenvalue weighted by Gasteiger charge is -2.33. The van der Waals surface area contributed by atoms with Gasteiger partial charge >= 0.3 is 6.03 Å². The van der Waals surface area contributed by atoms with Gasteiger partial charge in [-0.15, -0.1) is 0 Å². The molecule has 2 fully saturated rings. The minimum Gasteiger partial charge on any atom is -0.351 e. The van der Waals surface area contributed by atoms with E-state index in [9.17, 15) is 14.4 Å². The third kappa shape index (κ3) is 3.98. The number of hydrogen-bond donors (Lipinski definition) is 2. The summed E-state index contributed by atoms with van der Waals surface area (Å²) >= 11 is 0. The molecule has 2 aliphatic rings. The van der Waals surface area contributed by atoms with Crippen molar-refractivity contribution in [1.82, 2.24) is 15.5 Å². The fourth-order valence-corrected chi connectivity index (χ4v) is 3.35. The number of likely N-dealkylation sites (tertiary alicyclic amines) is 1. The van der Waals surface area contributed by atoms with E-state index in [4.69, 9.17) is 0 Å². The van der Waals surface area contributed by atoms with E-state index < -0.39 is 0 Å². The van der Waals surface area contributed by atoms with E-state index in [0.29, 0.717) is 31.7 Å². The van der Waals surface area contributed by atoms with Gasteiger partial charge in [0.2, 0.25) is 5.91 Å². The number of carbonyl (C=O) groups excluding carboxylic acids is 3. The first-order chi connectivity index (χ1) is 12.5. The fraction of sp³-hybridized carbons (Fsp3) is 0.526. The molecule has 0 radical (unpaired) electrons. The zero-order valence-electron chi connectivity index (χ0n) is 15.3. The summed E-state index contributed by atoms with van der Waals surface area (Å²) in [5, 5.41) is 5.79. The quantitative estimate of drug-likeness (QED) is 0.858. The summed E-state index contributed by atoms with van der Waals surface area (Å²) in [7, 11) is 0. The van der Waals surface area contributed by atoms with E-state index in [2.05, 4.69) is 10.6 Å². The average Bonchev–Trinajstić information content (AvgIpc) is 3.07. The first kappa shape index (κ1) is 18.2. The zero-order chi connectivity index (χ0) is 18.7. The lowest BCUT2D eigenvalue weighted by molar-refractivity contribution is -0.125. The first-order valence-corrected chi connectivity index (χ1v) is 9.21. The third-order valence-corrected chi connectivity index (χ3v) is 4.84. The molecule has 0 aliphatic carbocycles. The van der Waals surface area contributed by atoms with Crippen molar-refractivity contribution in [1.29, 1.82) is 0 Å². The zero-order valence-corrected chi connectivity index (χ0v) is 15.3. The van der Waals surface area contributed by atoms with E-state index in [1.54, 1.807) is 28.0 Å². The van der Waals surface area contributed by atoms with E-state index in [1.165, 1.54) is 0 Å². The molecule has 0 saturated carbocycles. The molecule has 26 heavy (non-hydrogen) atoms. The Kier molecular flexibility index (Phi) is 5.44. The molecule has 1 unspecified atom stereocenters. The highest BCUT2D eigenvalue weighted by Gasteiger charge is 2.27. The average molecular weight is 358 g/mol. The lowest BCUT2D eigenvalue weighted by Crippen LogP contribution is -2.50. The largest absolute Gasteiger partial charge is 0.351 e. The maximum absolute atomic E-state index is 12.9. The van der Waals surface area contributed by atoms with Crippen molar-refractivity contribution in [3.63, 3.8) is 0 Å². The van der Waals surface area contributed by atoms with Gasteiger partial charge in [0.15, 0.2) is 0 Å². The molecule has 2 heterocycles. The Labute approximate surface area is 153 Å². The highest BCUT2D eigenvalue weighted by molar-refractivity contribution is 5.98.